The fourth-order valence-electron chi connectivity index (χ4n) is 2.39. The number of hydrogen-bond acceptors (Lipinski definition) is 5. The van der Waals surface area contributed by atoms with Gasteiger partial charge in [-0.15, -0.1) is 0 Å². The van der Waals surface area contributed by atoms with Gasteiger partial charge in [0.05, 0.1) is 23.9 Å². The lowest BCUT2D eigenvalue weighted by Gasteiger charge is -2.26. The fraction of sp³-hybridized carbons (Fsp3) is 0.500. The standard InChI is InChI=1S/C18H27N3O2/c1-12(2)20-10-18(4,22)11-21-16-9-14(23-5)8-15-13(3)6-7-19-17(15)16/h6-9,12,20-22H,10-11H2,1-5H3. The summed E-state index contributed by atoms with van der Waals surface area (Å²) in [6.07, 6.45) is 1.80. The molecule has 5 heteroatoms. The van der Waals surface area contributed by atoms with Crippen LogP contribution in [0.3, 0.4) is 0 Å². The van der Waals surface area contributed by atoms with E-state index in [-0.39, 0.29) is 0 Å². The Kier molecular flexibility index (Phi) is 5.44. The maximum absolute atomic E-state index is 10.5. The van der Waals surface area contributed by atoms with Crippen LogP contribution in [0.2, 0.25) is 0 Å². The second kappa shape index (κ2) is 7.15. The molecule has 1 aromatic carbocycles. The number of ether oxygens (including phenoxy) is 1. The Morgan fingerprint density at radius 2 is 2.04 bits per heavy atom. The molecule has 0 fully saturated rings. The molecule has 5 nitrogen and oxygen atoms in total. The van der Waals surface area contributed by atoms with E-state index in [0.717, 1.165) is 27.9 Å². The van der Waals surface area contributed by atoms with Crippen LogP contribution in [-0.2, 0) is 0 Å². The maximum Gasteiger partial charge on any atom is 0.121 e. The van der Waals surface area contributed by atoms with Crippen molar-refractivity contribution in [2.24, 2.45) is 0 Å². The molecule has 3 N–H and O–H groups in total. The number of rotatable bonds is 7. The quantitative estimate of drug-likeness (QED) is 0.733. The van der Waals surface area contributed by atoms with Crippen LogP contribution in [0.1, 0.15) is 26.3 Å². The molecule has 126 valence electrons. The zero-order valence-corrected chi connectivity index (χ0v) is 14.6. The van der Waals surface area contributed by atoms with Crippen molar-refractivity contribution in [1.29, 1.82) is 0 Å². The van der Waals surface area contributed by atoms with E-state index < -0.39 is 5.60 Å². The molecule has 1 heterocycles. The zero-order valence-electron chi connectivity index (χ0n) is 14.6. The number of methoxy groups -OCH3 is 1. The Labute approximate surface area is 138 Å². The Morgan fingerprint density at radius 1 is 1.30 bits per heavy atom. The summed E-state index contributed by atoms with van der Waals surface area (Å²) in [6.45, 7) is 8.93. The molecule has 0 aliphatic rings. The van der Waals surface area contributed by atoms with Crippen molar-refractivity contribution < 1.29 is 9.84 Å². The van der Waals surface area contributed by atoms with Crippen LogP contribution in [0.15, 0.2) is 24.4 Å². The van der Waals surface area contributed by atoms with Gasteiger partial charge in [0.25, 0.3) is 0 Å². The van der Waals surface area contributed by atoms with Crippen LogP contribution >= 0.6 is 0 Å². The van der Waals surface area contributed by atoms with Gasteiger partial charge in [0, 0.05) is 36.8 Å². The Morgan fingerprint density at radius 3 is 2.70 bits per heavy atom. The van der Waals surface area contributed by atoms with Gasteiger partial charge < -0.3 is 20.5 Å². The molecule has 0 aliphatic heterocycles. The van der Waals surface area contributed by atoms with Crippen molar-refractivity contribution in [2.75, 3.05) is 25.5 Å². The largest absolute Gasteiger partial charge is 0.497 e. The third-order valence-electron chi connectivity index (χ3n) is 3.82. The van der Waals surface area contributed by atoms with E-state index in [2.05, 4.69) is 36.4 Å². The topological polar surface area (TPSA) is 66.4 Å². The number of nitrogens with one attached hydrogen (secondary N) is 2. The molecule has 0 radical (unpaired) electrons. The summed E-state index contributed by atoms with van der Waals surface area (Å²) in [6, 6.07) is 6.22. The minimum absolute atomic E-state index is 0.337. The average Bonchev–Trinajstić information content (AvgIpc) is 2.51. The normalized spacial score (nSPS) is 14.0. The SMILES string of the molecule is COc1cc(NCC(C)(O)CNC(C)C)c2nccc(C)c2c1. The highest BCUT2D eigenvalue weighted by molar-refractivity contribution is 5.93. The monoisotopic (exact) mass is 317 g/mol. The van der Waals surface area contributed by atoms with E-state index in [1.165, 1.54) is 0 Å². The summed E-state index contributed by atoms with van der Waals surface area (Å²) in [5.74, 6) is 0.774. The summed E-state index contributed by atoms with van der Waals surface area (Å²) in [5.41, 5.74) is 2.04. The van der Waals surface area contributed by atoms with Crippen molar-refractivity contribution in [3.63, 3.8) is 0 Å². The summed E-state index contributed by atoms with van der Waals surface area (Å²) in [4.78, 5) is 4.48. The third kappa shape index (κ3) is 4.56. The second-order valence-electron chi connectivity index (χ2n) is 6.59. The molecular formula is C18H27N3O2. The molecule has 1 atom stereocenters. The van der Waals surface area contributed by atoms with Crippen molar-refractivity contribution in [2.45, 2.75) is 39.3 Å². The molecule has 0 bridgehead atoms. The summed E-state index contributed by atoms with van der Waals surface area (Å²) in [5, 5.41) is 18.1. The Bertz CT molecular complexity index is 669. The molecular weight excluding hydrogens is 290 g/mol. The van der Waals surface area contributed by atoms with E-state index in [9.17, 15) is 5.11 Å². The smallest absolute Gasteiger partial charge is 0.121 e. The minimum atomic E-state index is -0.858. The van der Waals surface area contributed by atoms with Crippen molar-refractivity contribution in [3.05, 3.63) is 30.0 Å². The van der Waals surface area contributed by atoms with Gasteiger partial charge in [-0.25, -0.2) is 0 Å². The van der Waals surface area contributed by atoms with Crippen LogP contribution in [0.25, 0.3) is 10.9 Å². The highest BCUT2D eigenvalue weighted by Crippen LogP contribution is 2.30. The molecule has 23 heavy (non-hydrogen) atoms. The molecule has 0 amide bonds. The Balaban J connectivity index is 2.24. The summed E-state index contributed by atoms with van der Waals surface area (Å²) in [7, 11) is 1.65. The first kappa shape index (κ1) is 17.5. The van der Waals surface area contributed by atoms with Crippen LogP contribution < -0.4 is 15.4 Å². The lowest BCUT2D eigenvalue weighted by atomic mass is 10.1. The van der Waals surface area contributed by atoms with Crippen molar-refractivity contribution in [1.82, 2.24) is 10.3 Å². The molecule has 1 unspecified atom stereocenters. The average molecular weight is 317 g/mol. The highest BCUT2D eigenvalue weighted by atomic mass is 16.5. The number of hydrogen-bond donors (Lipinski definition) is 3. The van der Waals surface area contributed by atoms with Crippen molar-refractivity contribution in [3.8, 4) is 5.75 Å². The van der Waals surface area contributed by atoms with Gasteiger partial charge in [-0.2, -0.15) is 0 Å². The van der Waals surface area contributed by atoms with E-state index in [1.807, 2.05) is 25.1 Å². The predicted molar refractivity (Wildman–Crippen MR) is 95.3 cm³/mol. The second-order valence-corrected chi connectivity index (χ2v) is 6.59. The first-order chi connectivity index (χ1) is 10.8. The lowest BCUT2D eigenvalue weighted by Crippen LogP contribution is -2.45. The number of fused-ring (bicyclic) bond motifs is 1. The molecule has 0 saturated heterocycles. The van der Waals surface area contributed by atoms with E-state index in [0.29, 0.717) is 19.1 Å². The fourth-order valence-corrected chi connectivity index (χ4v) is 2.39. The van der Waals surface area contributed by atoms with E-state index in [1.54, 1.807) is 13.3 Å². The van der Waals surface area contributed by atoms with Crippen LogP contribution in [-0.4, -0.2) is 41.9 Å². The molecule has 2 aromatic rings. The van der Waals surface area contributed by atoms with Crippen LogP contribution in [0.4, 0.5) is 5.69 Å². The molecule has 2 rings (SSSR count). The van der Waals surface area contributed by atoms with E-state index >= 15 is 0 Å². The van der Waals surface area contributed by atoms with Gasteiger partial charge in [-0.1, -0.05) is 13.8 Å². The van der Waals surface area contributed by atoms with Gasteiger partial charge in [0.2, 0.25) is 0 Å². The number of aliphatic hydroxyl groups is 1. The van der Waals surface area contributed by atoms with Gasteiger partial charge >= 0.3 is 0 Å². The van der Waals surface area contributed by atoms with Crippen LogP contribution in [0.5, 0.6) is 5.75 Å². The van der Waals surface area contributed by atoms with Gasteiger partial charge in [0.15, 0.2) is 0 Å². The number of pyridine rings is 1. The number of benzene rings is 1. The molecule has 0 aliphatic carbocycles. The Hall–Kier alpha value is -1.85. The lowest BCUT2D eigenvalue weighted by molar-refractivity contribution is 0.0711. The number of anilines is 1. The number of aromatic nitrogens is 1. The molecule has 0 saturated carbocycles. The van der Waals surface area contributed by atoms with Gasteiger partial charge in [0.1, 0.15) is 5.75 Å². The first-order valence-electron chi connectivity index (χ1n) is 7.95. The third-order valence-corrected chi connectivity index (χ3v) is 3.82. The summed E-state index contributed by atoms with van der Waals surface area (Å²) >= 11 is 0. The van der Waals surface area contributed by atoms with Crippen molar-refractivity contribution >= 4 is 16.6 Å². The van der Waals surface area contributed by atoms with Crippen LogP contribution in [0, 0.1) is 6.92 Å². The molecule has 0 spiro atoms. The van der Waals surface area contributed by atoms with Gasteiger partial charge in [-0.3, -0.25) is 4.98 Å². The predicted octanol–water partition coefficient (Wildman–Crippen LogP) is 2.71. The van der Waals surface area contributed by atoms with Gasteiger partial charge in [-0.05, 0) is 31.5 Å². The minimum Gasteiger partial charge on any atom is -0.497 e. The highest BCUT2D eigenvalue weighted by Gasteiger charge is 2.21. The first-order valence-corrected chi connectivity index (χ1v) is 7.95. The number of aryl methyl sites for hydroxylation is 1. The molecule has 1 aromatic heterocycles. The summed E-state index contributed by atoms with van der Waals surface area (Å²) < 4.78 is 5.39. The maximum atomic E-state index is 10.5. The number of nitrogens with zero attached hydrogens (tertiary/aromatic N) is 1. The van der Waals surface area contributed by atoms with E-state index in [4.69, 9.17) is 4.74 Å². The zero-order chi connectivity index (χ0) is 17.0.